The highest BCUT2D eigenvalue weighted by Crippen LogP contribution is 2.24. The predicted octanol–water partition coefficient (Wildman–Crippen LogP) is 0.867. The zero-order valence-corrected chi connectivity index (χ0v) is 14.9. The van der Waals surface area contributed by atoms with Crippen molar-refractivity contribution in [1.82, 2.24) is 20.1 Å². The number of aromatic nitrogens is 1. The summed E-state index contributed by atoms with van der Waals surface area (Å²) in [6, 6.07) is 4.02. The molecule has 0 aliphatic carbocycles. The lowest BCUT2D eigenvalue weighted by atomic mass is 9.94. The molecule has 24 heavy (non-hydrogen) atoms. The van der Waals surface area contributed by atoms with Gasteiger partial charge in [-0.1, -0.05) is 6.92 Å². The van der Waals surface area contributed by atoms with Gasteiger partial charge in [0.1, 0.15) is 0 Å². The van der Waals surface area contributed by atoms with E-state index in [2.05, 4.69) is 22.1 Å². The molecule has 6 nitrogen and oxygen atoms in total. The Balaban J connectivity index is 1.93. The minimum Gasteiger partial charge on any atom is -0.388 e. The van der Waals surface area contributed by atoms with Crippen molar-refractivity contribution < 1.29 is 9.90 Å². The van der Waals surface area contributed by atoms with Crippen LogP contribution >= 0.6 is 0 Å². The van der Waals surface area contributed by atoms with Crippen LogP contribution < -0.4 is 5.32 Å². The number of carbonyl (C=O) groups excluding carboxylic acids is 1. The average Bonchev–Trinajstić information content (AvgIpc) is 2.77. The molecule has 0 aromatic carbocycles. The normalized spacial score (nSPS) is 21.8. The van der Waals surface area contributed by atoms with E-state index >= 15 is 0 Å². The fraction of sp³-hybridized carbons (Fsp3) is 0.667. The molecule has 0 radical (unpaired) electrons. The molecular formula is C18H30N4O2. The van der Waals surface area contributed by atoms with Crippen LogP contribution in [0.5, 0.6) is 0 Å². The number of aliphatic hydroxyl groups is 1. The minimum absolute atomic E-state index is 0.117. The lowest BCUT2D eigenvalue weighted by Gasteiger charge is -2.33. The second kappa shape index (κ2) is 9.11. The second-order valence-corrected chi connectivity index (χ2v) is 6.65. The molecule has 1 aliphatic rings. The second-order valence-electron chi connectivity index (χ2n) is 6.65. The van der Waals surface area contributed by atoms with E-state index in [0.29, 0.717) is 26.1 Å². The number of likely N-dealkylation sites (N-methyl/N-ethyl adjacent to an activating group) is 2. The van der Waals surface area contributed by atoms with Gasteiger partial charge in [0.05, 0.1) is 12.1 Å². The number of amides is 1. The molecule has 2 N–H and O–H groups in total. The summed E-state index contributed by atoms with van der Waals surface area (Å²) in [5.41, 5.74) is 0.479. The number of carbonyl (C=O) groups is 1. The van der Waals surface area contributed by atoms with Gasteiger partial charge < -0.3 is 15.3 Å². The Kier molecular flexibility index (Phi) is 7.15. The number of hydrogen-bond acceptors (Lipinski definition) is 5. The number of nitrogens with one attached hydrogen (secondary N) is 1. The maximum Gasteiger partial charge on any atom is 0.236 e. The Morgan fingerprint density at radius 3 is 2.79 bits per heavy atom. The Labute approximate surface area is 144 Å². The third-order valence-corrected chi connectivity index (χ3v) is 4.72. The van der Waals surface area contributed by atoms with Crippen LogP contribution in [0.3, 0.4) is 0 Å². The molecule has 2 heterocycles. The van der Waals surface area contributed by atoms with E-state index in [1.54, 1.807) is 19.4 Å². The first-order chi connectivity index (χ1) is 11.6. The molecule has 0 spiro atoms. The van der Waals surface area contributed by atoms with Crippen molar-refractivity contribution in [2.45, 2.75) is 38.3 Å². The van der Waals surface area contributed by atoms with Gasteiger partial charge in [-0.3, -0.25) is 14.7 Å². The summed E-state index contributed by atoms with van der Waals surface area (Å²) in [4.78, 5) is 20.2. The number of hydrogen-bond donors (Lipinski definition) is 2. The van der Waals surface area contributed by atoms with Gasteiger partial charge in [-0.25, -0.2) is 0 Å². The van der Waals surface area contributed by atoms with Gasteiger partial charge in [0.2, 0.25) is 5.91 Å². The van der Waals surface area contributed by atoms with Crippen molar-refractivity contribution in [2.75, 3.05) is 39.8 Å². The standard InChI is InChI=1S/C18H30N4O2/c1-3-21(14-16-5-9-20-10-6-16)15-18(24)7-4-11-22(12-8-18)17(23)13-19-2/h5-6,9-10,19,24H,3-4,7-8,11-15H2,1-2H3/t18-/m1/s1. The average molecular weight is 334 g/mol. The van der Waals surface area contributed by atoms with Crippen LogP contribution in [-0.2, 0) is 11.3 Å². The maximum atomic E-state index is 12.0. The first kappa shape index (κ1) is 18.8. The van der Waals surface area contributed by atoms with Crippen molar-refractivity contribution in [3.05, 3.63) is 30.1 Å². The van der Waals surface area contributed by atoms with Crippen LogP contribution in [-0.4, -0.2) is 71.2 Å². The van der Waals surface area contributed by atoms with Gasteiger partial charge in [-0.05, 0) is 50.6 Å². The van der Waals surface area contributed by atoms with Crippen LogP contribution in [0, 0.1) is 0 Å². The summed E-state index contributed by atoms with van der Waals surface area (Å²) in [6.07, 6.45) is 5.82. The highest BCUT2D eigenvalue weighted by Gasteiger charge is 2.32. The lowest BCUT2D eigenvalue weighted by Crippen LogP contribution is -2.44. The molecule has 1 fully saturated rings. The van der Waals surface area contributed by atoms with Gasteiger partial charge >= 0.3 is 0 Å². The molecule has 1 aromatic heterocycles. The maximum absolute atomic E-state index is 12.0. The van der Waals surface area contributed by atoms with E-state index in [-0.39, 0.29) is 5.91 Å². The minimum atomic E-state index is -0.724. The summed E-state index contributed by atoms with van der Waals surface area (Å²) < 4.78 is 0. The summed E-state index contributed by atoms with van der Waals surface area (Å²) in [6.45, 7) is 6.17. The SMILES string of the molecule is CCN(Cc1ccncc1)C[C@@]1(O)CCCN(C(=O)CNC)CC1. The predicted molar refractivity (Wildman–Crippen MR) is 94.5 cm³/mol. The molecule has 0 unspecified atom stereocenters. The van der Waals surface area contributed by atoms with Crippen molar-refractivity contribution in [3.63, 3.8) is 0 Å². The monoisotopic (exact) mass is 334 g/mol. The van der Waals surface area contributed by atoms with Crippen LogP contribution in [0.1, 0.15) is 31.7 Å². The number of rotatable bonds is 7. The molecule has 0 bridgehead atoms. The van der Waals surface area contributed by atoms with E-state index < -0.39 is 5.60 Å². The van der Waals surface area contributed by atoms with E-state index in [9.17, 15) is 9.90 Å². The number of nitrogens with zero attached hydrogens (tertiary/aromatic N) is 3. The highest BCUT2D eigenvalue weighted by molar-refractivity contribution is 5.78. The molecule has 1 amide bonds. The quantitative estimate of drug-likeness (QED) is 0.774. The first-order valence-electron chi connectivity index (χ1n) is 8.82. The zero-order valence-electron chi connectivity index (χ0n) is 14.9. The van der Waals surface area contributed by atoms with Crippen molar-refractivity contribution >= 4 is 5.91 Å². The van der Waals surface area contributed by atoms with Gasteiger partial charge in [0, 0.05) is 38.6 Å². The Morgan fingerprint density at radius 1 is 1.38 bits per heavy atom. The van der Waals surface area contributed by atoms with Crippen molar-refractivity contribution in [3.8, 4) is 0 Å². The third-order valence-electron chi connectivity index (χ3n) is 4.72. The molecule has 1 aliphatic heterocycles. The van der Waals surface area contributed by atoms with E-state index in [0.717, 1.165) is 32.5 Å². The molecular weight excluding hydrogens is 304 g/mol. The van der Waals surface area contributed by atoms with E-state index in [4.69, 9.17) is 0 Å². The fourth-order valence-corrected chi connectivity index (χ4v) is 3.29. The zero-order chi connectivity index (χ0) is 17.4. The Bertz CT molecular complexity index is 511. The van der Waals surface area contributed by atoms with Crippen LogP contribution in [0.2, 0.25) is 0 Å². The van der Waals surface area contributed by atoms with Gasteiger partial charge in [0.15, 0.2) is 0 Å². The lowest BCUT2D eigenvalue weighted by molar-refractivity contribution is -0.130. The molecule has 2 rings (SSSR count). The van der Waals surface area contributed by atoms with Gasteiger partial charge in [-0.2, -0.15) is 0 Å². The summed E-state index contributed by atoms with van der Waals surface area (Å²) >= 11 is 0. The number of likely N-dealkylation sites (tertiary alicyclic amines) is 1. The third kappa shape index (κ3) is 5.54. The van der Waals surface area contributed by atoms with E-state index in [1.165, 1.54) is 5.56 Å². The molecule has 134 valence electrons. The molecule has 1 atom stereocenters. The molecule has 1 aromatic rings. The Morgan fingerprint density at radius 2 is 2.12 bits per heavy atom. The first-order valence-corrected chi connectivity index (χ1v) is 8.82. The van der Waals surface area contributed by atoms with Gasteiger partial charge in [0.25, 0.3) is 0 Å². The van der Waals surface area contributed by atoms with Crippen LogP contribution in [0.15, 0.2) is 24.5 Å². The number of pyridine rings is 1. The topological polar surface area (TPSA) is 68.7 Å². The summed E-state index contributed by atoms with van der Waals surface area (Å²) in [5.74, 6) is 0.117. The fourth-order valence-electron chi connectivity index (χ4n) is 3.29. The molecule has 1 saturated heterocycles. The molecule has 6 heteroatoms. The summed E-state index contributed by atoms with van der Waals surface area (Å²) in [7, 11) is 1.78. The summed E-state index contributed by atoms with van der Waals surface area (Å²) in [5, 5.41) is 14.0. The van der Waals surface area contributed by atoms with Crippen molar-refractivity contribution in [2.24, 2.45) is 0 Å². The van der Waals surface area contributed by atoms with Gasteiger partial charge in [-0.15, -0.1) is 0 Å². The largest absolute Gasteiger partial charge is 0.388 e. The van der Waals surface area contributed by atoms with Crippen LogP contribution in [0.25, 0.3) is 0 Å². The Hall–Kier alpha value is -1.50. The van der Waals surface area contributed by atoms with Crippen LogP contribution in [0.4, 0.5) is 0 Å². The highest BCUT2D eigenvalue weighted by atomic mass is 16.3. The van der Waals surface area contributed by atoms with Crippen molar-refractivity contribution in [1.29, 1.82) is 0 Å². The van der Waals surface area contributed by atoms with E-state index in [1.807, 2.05) is 17.0 Å². The smallest absolute Gasteiger partial charge is 0.236 e. The molecule has 0 saturated carbocycles.